The van der Waals surface area contributed by atoms with Crippen molar-refractivity contribution in [3.05, 3.63) is 34.4 Å². The van der Waals surface area contributed by atoms with Crippen molar-refractivity contribution in [1.82, 2.24) is 0 Å². The molecule has 0 heterocycles. The minimum absolute atomic E-state index is 1.03. The van der Waals surface area contributed by atoms with Crippen LogP contribution in [0.15, 0.2) is 12.1 Å². The van der Waals surface area contributed by atoms with Crippen molar-refractivity contribution in [3.8, 4) is 11.8 Å². The Morgan fingerprint density at radius 3 is 2.23 bits per heavy atom. The Labute approximate surface area is 138 Å². The number of aryl methyl sites for hydroxylation is 2. The van der Waals surface area contributed by atoms with E-state index in [1.54, 1.807) is 0 Å². The van der Waals surface area contributed by atoms with E-state index in [9.17, 15) is 0 Å². The minimum Gasteiger partial charge on any atom is -0.0979 e. The molecule has 0 aliphatic rings. The molecule has 0 saturated heterocycles. The molecule has 122 valence electrons. The molecule has 1 aromatic rings. The molecule has 1 aromatic carbocycles. The Bertz CT molecular complexity index is 485. The summed E-state index contributed by atoms with van der Waals surface area (Å²) in [5.41, 5.74) is 5.78. The van der Waals surface area contributed by atoms with Gasteiger partial charge in [0, 0.05) is 12.0 Å². The van der Waals surface area contributed by atoms with Gasteiger partial charge in [-0.3, -0.25) is 0 Å². The molecule has 0 N–H and O–H groups in total. The Morgan fingerprint density at radius 2 is 1.55 bits per heavy atom. The summed E-state index contributed by atoms with van der Waals surface area (Å²) in [6.45, 7) is 9.02. The Balaban J connectivity index is 3.04. The predicted octanol–water partition coefficient (Wildman–Crippen LogP) is 6.61. The second-order valence-corrected chi connectivity index (χ2v) is 6.36. The Kier molecular flexibility index (Phi) is 9.72. The van der Waals surface area contributed by atoms with Crippen molar-refractivity contribution in [2.45, 2.75) is 91.9 Å². The zero-order valence-corrected chi connectivity index (χ0v) is 15.2. The molecular formula is C22H34. The van der Waals surface area contributed by atoms with Crippen LogP contribution in [0.1, 0.15) is 94.4 Å². The number of hydrogen-bond donors (Lipinski definition) is 0. The third kappa shape index (κ3) is 6.27. The van der Waals surface area contributed by atoms with Crippen molar-refractivity contribution in [2.75, 3.05) is 0 Å². The van der Waals surface area contributed by atoms with Crippen molar-refractivity contribution in [2.24, 2.45) is 0 Å². The molecule has 0 nitrogen and oxygen atoms in total. The zero-order chi connectivity index (χ0) is 16.2. The number of hydrogen-bond acceptors (Lipinski definition) is 0. The summed E-state index contributed by atoms with van der Waals surface area (Å²) >= 11 is 0. The van der Waals surface area contributed by atoms with E-state index >= 15 is 0 Å². The fourth-order valence-corrected chi connectivity index (χ4v) is 2.82. The standard InChI is InChI=1S/C22H34/c1-5-8-11-13-16-22-20(14-12-9-6-2)18-17-19(4)21(22)15-10-7-3/h17-18H,5-12,14-15H2,1-4H3. The molecular weight excluding hydrogens is 264 g/mol. The van der Waals surface area contributed by atoms with Crippen LogP contribution in [0.5, 0.6) is 0 Å². The lowest BCUT2D eigenvalue weighted by molar-refractivity contribution is 0.714. The van der Waals surface area contributed by atoms with Crippen molar-refractivity contribution in [1.29, 1.82) is 0 Å². The van der Waals surface area contributed by atoms with Crippen LogP contribution in [0.4, 0.5) is 0 Å². The van der Waals surface area contributed by atoms with Gasteiger partial charge < -0.3 is 0 Å². The van der Waals surface area contributed by atoms with Gasteiger partial charge in [0.1, 0.15) is 0 Å². The average molecular weight is 299 g/mol. The molecule has 0 aliphatic carbocycles. The highest BCUT2D eigenvalue weighted by molar-refractivity contribution is 5.51. The highest BCUT2D eigenvalue weighted by atomic mass is 14.1. The highest BCUT2D eigenvalue weighted by Gasteiger charge is 2.09. The lowest BCUT2D eigenvalue weighted by Gasteiger charge is -2.13. The molecule has 0 amide bonds. The quantitative estimate of drug-likeness (QED) is 0.355. The fourth-order valence-electron chi connectivity index (χ4n) is 2.82. The third-order valence-electron chi connectivity index (χ3n) is 4.33. The van der Waals surface area contributed by atoms with Crippen LogP contribution in [0.2, 0.25) is 0 Å². The first-order valence-corrected chi connectivity index (χ1v) is 9.34. The number of rotatable bonds is 9. The first-order chi connectivity index (χ1) is 10.7. The van der Waals surface area contributed by atoms with E-state index in [-0.39, 0.29) is 0 Å². The molecule has 0 aliphatic heterocycles. The first-order valence-electron chi connectivity index (χ1n) is 9.34. The summed E-state index contributed by atoms with van der Waals surface area (Å²) in [5.74, 6) is 6.97. The monoisotopic (exact) mass is 298 g/mol. The summed E-state index contributed by atoms with van der Waals surface area (Å²) in [6.07, 6.45) is 12.3. The number of unbranched alkanes of at least 4 members (excludes halogenated alkanes) is 5. The molecule has 0 radical (unpaired) electrons. The SMILES string of the molecule is CCCCC#Cc1c(CCCCC)ccc(C)c1CCCC. The van der Waals surface area contributed by atoms with E-state index < -0.39 is 0 Å². The van der Waals surface area contributed by atoms with Gasteiger partial charge in [-0.25, -0.2) is 0 Å². The maximum absolute atomic E-state index is 3.54. The molecule has 0 spiro atoms. The summed E-state index contributed by atoms with van der Waals surface area (Å²) in [5, 5.41) is 0. The molecule has 0 bridgehead atoms. The van der Waals surface area contributed by atoms with Gasteiger partial charge >= 0.3 is 0 Å². The molecule has 0 fully saturated rings. The third-order valence-corrected chi connectivity index (χ3v) is 4.33. The second-order valence-electron chi connectivity index (χ2n) is 6.36. The van der Waals surface area contributed by atoms with Gasteiger partial charge in [0.15, 0.2) is 0 Å². The summed E-state index contributed by atoms with van der Waals surface area (Å²) < 4.78 is 0. The lowest BCUT2D eigenvalue weighted by Crippen LogP contribution is -2.01. The summed E-state index contributed by atoms with van der Waals surface area (Å²) in [7, 11) is 0. The van der Waals surface area contributed by atoms with E-state index in [4.69, 9.17) is 0 Å². The van der Waals surface area contributed by atoms with Crippen LogP contribution < -0.4 is 0 Å². The van der Waals surface area contributed by atoms with Gasteiger partial charge in [0.25, 0.3) is 0 Å². The zero-order valence-electron chi connectivity index (χ0n) is 15.2. The topological polar surface area (TPSA) is 0 Å². The molecule has 0 unspecified atom stereocenters. The van der Waals surface area contributed by atoms with E-state index in [0.717, 1.165) is 6.42 Å². The van der Waals surface area contributed by atoms with Crippen molar-refractivity contribution >= 4 is 0 Å². The number of benzene rings is 1. The van der Waals surface area contributed by atoms with Crippen LogP contribution in [0.25, 0.3) is 0 Å². The van der Waals surface area contributed by atoms with E-state index in [2.05, 4.69) is 51.7 Å². The normalized spacial score (nSPS) is 10.4. The minimum atomic E-state index is 1.03. The maximum Gasteiger partial charge on any atom is 0.0311 e. The molecule has 1 rings (SSSR count). The summed E-state index contributed by atoms with van der Waals surface area (Å²) in [4.78, 5) is 0. The Morgan fingerprint density at radius 1 is 0.818 bits per heavy atom. The first kappa shape index (κ1) is 18.8. The van der Waals surface area contributed by atoms with E-state index in [0.29, 0.717) is 0 Å². The predicted molar refractivity (Wildman–Crippen MR) is 99.4 cm³/mol. The van der Waals surface area contributed by atoms with Crippen LogP contribution in [0, 0.1) is 18.8 Å². The van der Waals surface area contributed by atoms with Crippen LogP contribution >= 0.6 is 0 Å². The van der Waals surface area contributed by atoms with Gasteiger partial charge in [-0.1, -0.05) is 70.4 Å². The highest BCUT2D eigenvalue weighted by Crippen LogP contribution is 2.22. The van der Waals surface area contributed by atoms with Crippen molar-refractivity contribution in [3.63, 3.8) is 0 Å². The average Bonchev–Trinajstić information content (AvgIpc) is 2.52. The van der Waals surface area contributed by atoms with Crippen LogP contribution in [0.3, 0.4) is 0 Å². The largest absolute Gasteiger partial charge is 0.0979 e. The molecule has 0 aromatic heterocycles. The van der Waals surface area contributed by atoms with Crippen molar-refractivity contribution < 1.29 is 0 Å². The molecule has 0 saturated carbocycles. The molecule has 0 heteroatoms. The van der Waals surface area contributed by atoms with Gasteiger partial charge in [-0.15, -0.1) is 0 Å². The second kappa shape index (κ2) is 11.4. The summed E-state index contributed by atoms with van der Waals surface area (Å²) in [6, 6.07) is 4.63. The lowest BCUT2D eigenvalue weighted by atomic mass is 9.91. The van der Waals surface area contributed by atoms with Crippen LogP contribution in [-0.4, -0.2) is 0 Å². The van der Waals surface area contributed by atoms with Gasteiger partial charge in [-0.2, -0.15) is 0 Å². The molecule has 22 heavy (non-hydrogen) atoms. The van der Waals surface area contributed by atoms with Gasteiger partial charge in [0.05, 0.1) is 0 Å². The van der Waals surface area contributed by atoms with Crippen LogP contribution in [-0.2, 0) is 12.8 Å². The maximum atomic E-state index is 3.54. The van der Waals surface area contributed by atoms with E-state index in [1.165, 1.54) is 80.0 Å². The smallest absolute Gasteiger partial charge is 0.0311 e. The van der Waals surface area contributed by atoms with E-state index in [1.807, 2.05) is 0 Å². The van der Waals surface area contributed by atoms with Gasteiger partial charge in [0.2, 0.25) is 0 Å². The molecule has 0 atom stereocenters. The fraction of sp³-hybridized carbons (Fsp3) is 0.636. The van der Waals surface area contributed by atoms with Gasteiger partial charge in [-0.05, 0) is 55.7 Å². The Hall–Kier alpha value is -1.22.